The maximum absolute atomic E-state index is 3.82. The van der Waals surface area contributed by atoms with E-state index in [1.54, 1.807) is 0 Å². The first-order valence-electron chi connectivity index (χ1n) is 7.72. The van der Waals surface area contributed by atoms with Gasteiger partial charge in [-0.2, -0.15) is 0 Å². The summed E-state index contributed by atoms with van der Waals surface area (Å²) in [6.07, 6.45) is 3.53. The lowest BCUT2D eigenvalue weighted by atomic mass is 9.87. The number of hydrogen-bond donors (Lipinski definition) is 1. The number of rotatable bonds is 3. The molecule has 1 nitrogen and oxygen atoms in total. The van der Waals surface area contributed by atoms with Gasteiger partial charge in [0.15, 0.2) is 0 Å². The van der Waals surface area contributed by atoms with Gasteiger partial charge in [0, 0.05) is 16.6 Å². The van der Waals surface area contributed by atoms with Crippen LogP contribution in [0.3, 0.4) is 0 Å². The highest BCUT2D eigenvalue weighted by atomic mass is 79.9. The van der Waals surface area contributed by atoms with E-state index in [4.69, 9.17) is 0 Å². The normalized spacial score (nSPS) is 19.1. The van der Waals surface area contributed by atoms with Crippen molar-refractivity contribution in [3.63, 3.8) is 0 Å². The highest BCUT2D eigenvalue weighted by Gasteiger charge is 2.20. The maximum Gasteiger partial charge on any atom is 0.0297 e. The van der Waals surface area contributed by atoms with Crippen molar-refractivity contribution < 1.29 is 0 Å². The Morgan fingerprint density at radius 1 is 1.14 bits per heavy atom. The van der Waals surface area contributed by atoms with Gasteiger partial charge in [-0.15, -0.1) is 0 Å². The number of nitrogens with one attached hydrogen (secondary N) is 1. The smallest absolute Gasteiger partial charge is 0.0297 e. The van der Waals surface area contributed by atoms with Crippen molar-refractivity contribution in [3.8, 4) is 0 Å². The van der Waals surface area contributed by atoms with Gasteiger partial charge in [0.25, 0.3) is 0 Å². The van der Waals surface area contributed by atoms with Crippen LogP contribution in [0.4, 0.5) is 0 Å². The molecule has 3 rings (SSSR count). The minimum atomic E-state index is 0.410. The Morgan fingerprint density at radius 3 is 2.76 bits per heavy atom. The molecule has 2 aromatic carbocycles. The molecule has 0 saturated heterocycles. The summed E-state index contributed by atoms with van der Waals surface area (Å²) in [5.41, 5.74) is 5.79. The number of aryl methyl sites for hydroxylation is 2. The summed E-state index contributed by atoms with van der Waals surface area (Å²) in [6.45, 7) is 4.47. The third-order valence-corrected chi connectivity index (χ3v) is 5.03. The van der Waals surface area contributed by atoms with Crippen LogP contribution in [-0.2, 0) is 12.8 Å². The van der Waals surface area contributed by atoms with E-state index < -0.39 is 0 Å². The number of halogens is 1. The first-order chi connectivity index (χ1) is 10.1. The van der Waals surface area contributed by atoms with Crippen LogP contribution in [0.2, 0.25) is 0 Å². The first-order valence-corrected chi connectivity index (χ1v) is 8.51. The van der Waals surface area contributed by atoms with Crippen molar-refractivity contribution in [1.82, 2.24) is 5.32 Å². The number of benzene rings is 2. The standard InChI is InChI=1S/C19H22BrN/c1-13-5-3-4-6-19(13)14(2)21-18-10-8-15-11-17(20)9-7-16(15)12-18/h3-7,9,11,14,18,21H,8,10,12H2,1-2H3. The first kappa shape index (κ1) is 14.8. The molecule has 0 heterocycles. The molecule has 0 bridgehead atoms. The quantitative estimate of drug-likeness (QED) is 0.829. The lowest BCUT2D eigenvalue weighted by molar-refractivity contribution is 0.413. The zero-order valence-electron chi connectivity index (χ0n) is 12.7. The average molecular weight is 344 g/mol. The van der Waals surface area contributed by atoms with Gasteiger partial charge >= 0.3 is 0 Å². The second-order valence-corrected chi connectivity index (χ2v) is 7.01. The highest BCUT2D eigenvalue weighted by molar-refractivity contribution is 9.10. The third kappa shape index (κ3) is 3.38. The van der Waals surface area contributed by atoms with Crippen LogP contribution < -0.4 is 5.32 Å². The molecule has 0 saturated carbocycles. The molecule has 0 spiro atoms. The van der Waals surface area contributed by atoms with Crippen LogP contribution in [0.1, 0.15) is 41.6 Å². The SMILES string of the molecule is Cc1ccccc1C(C)NC1CCc2cc(Br)ccc2C1. The molecule has 1 N–H and O–H groups in total. The molecule has 0 fully saturated rings. The van der Waals surface area contributed by atoms with Crippen LogP contribution in [0, 0.1) is 6.92 Å². The van der Waals surface area contributed by atoms with Crippen molar-refractivity contribution in [2.24, 2.45) is 0 Å². The summed E-state index contributed by atoms with van der Waals surface area (Å²) >= 11 is 3.57. The largest absolute Gasteiger partial charge is 0.307 e. The molecule has 0 aromatic heterocycles. The predicted octanol–water partition coefficient (Wildman–Crippen LogP) is 4.97. The van der Waals surface area contributed by atoms with E-state index in [-0.39, 0.29) is 0 Å². The van der Waals surface area contributed by atoms with E-state index in [9.17, 15) is 0 Å². The molecular formula is C19H22BrN. The summed E-state index contributed by atoms with van der Waals surface area (Å²) < 4.78 is 1.20. The Kier molecular flexibility index (Phi) is 4.46. The summed E-state index contributed by atoms with van der Waals surface area (Å²) in [5, 5.41) is 3.82. The molecule has 0 amide bonds. The second-order valence-electron chi connectivity index (χ2n) is 6.10. The van der Waals surface area contributed by atoms with Gasteiger partial charge in [0.1, 0.15) is 0 Å². The zero-order chi connectivity index (χ0) is 14.8. The fourth-order valence-electron chi connectivity index (χ4n) is 3.38. The molecule has 2 heteroatoms. The van der Waals surface area contributed by atoms with Crippen LogP contribution in [0.25, 0.3) is 0 Å². The third-order valence-electron chi connectivity index (χ3n) is 4.54. The molecule has 2 unspecified atom stereocenters. The minimum absolute atomic E-state index is 0.410. The van der Waals surface area contributed by atoms with Gasteiger partial charge in [-0.3, -0.25) is 0 Å². The number of hydrogen-bond acceptors (Lipinski definition) is 1. The molecule has 0 radical (unpaired) electrons. The maximum atomic E-state index is 3.82. The Balaban J connectivity index is 1.70. The van der Waals surface area contributed by atoms with Crippen LogP contribution in [0.5, 0.6) is 0 Å². The number of fused-ring (bicyclic) bond motifs is 1. The Labute approximate surface area is 135 Å². The van der Waals surface area contributed by atoms with E-state index >= 15 is 0 Å². The fraction of sp³-hybridized carbons (Fsp3) is 0.368. The van der Waals surface area contributed by atoms with Crippen molar-refractivity contribution in [2.75, 3.05) is 0 Å². The second kappa shape index (κ2) is 6.33. The van der Waals surface area contributed by atoms with Crippen LogP contribution in [-0.4, -0.2) is 6.04 Å². The molecule has 2 aromatic rings. The van der Waals surface area contributed by atoms with Gasteiger partial charge < -0.3 is 5.32 Å². The zero-order valence-corrected chi connectivity index (χ0v) is 14.3. The summed E-state index contributed by atoms with van der Waals surface area (Å²) in [7, 11) is 0. The van der Waals surface area contributed by atoms with Gasteiger partial charge in [0.2, 0.25) is 0 Å². The lowest BCUT2D eigenvalue weighted by Crippen LogP contribution is -2.36. The van der Waals surface area contributed by atoms with Crippen molar-refractivity contribution in [2.45, 2.75) is 45.2 Å². The predicted molar refractivity (Wildman–Crippen MR) is 92.7 cm³/mol. The minimum Gasteiger partial charge on any atom is -0.307 e. The molecule has 1 aliphatic rings. The molecule has 0 aliphatic heterocycles. The van der Waals surface area contributed by atoms with Gasteiger partial charge in [-0.05, 0) is 67.5 Å². The van der Waals surface area contributed by atoms with Gasteiger partial charge in [-0.25, -0.2) is 0 Å². The Hall–Kier alpha value is -1.12. The van der Waals surface area contributed by atoms with Gasteiger partial charge in [0.05, 0.1) is 0 Å². The van der Waals surface area contributed by atoms with E-state index in [1.165, 1.54) is 39.6 Å². The highest BCUT2D eigenvalue weighted by Crippen LogP contribution is 2.26. The molecule has 2 atom stereocenters. The molecule has 110 valence electrons. The van der Waals surface area contributed by atoms with E-state index in [1.807, 2.05) is 0 Å². The van der Waals surface area contributed by atoms with Crippen molar-refractivity contribution in [3.05, 3.63) is 69.2 Å². The summed E-state index contributed by atoms with van der Waals surface area (Å²) in [4.78, 5) is 0. The van der Waals surface area contributed by atoms with Gasteiger partial charge in [-0.1, -0.05) is 46.3 Å². The van der Waals surface area contributed by atoms with Crippen LogP contribution >= 0.6 is 15.9 Å². The topological polar surface area (TPSA) is 12.0 Å². The molecule has 1 aliphatic carbocycles. The molecule has 21 heavy (non-hydrogen) atoms. The van der Waals surface area contributed by atoms with E-state index in [0.29, 0.717) is 12.1 Å². The van der Waals surface area contributed by atoms with Crippen molar-refractivity contribution in [1.29, 1.82) is 0 Å². The fourth-order valence-corrected chi connectivity index (χ4v) is 3.79. The van der Waals surface area contributed by atoms with Crippen molar-refractivity contribution >= 4 is 15.9 Å². The Morgan fingerprint density at radius 2 is 1.95 bits per heavy atom. The van der Waals surface area contributed by atoms with Crippen LogP contribution in [0.15, 0.2) is 46.9 Å². The van der Waals surface area contributed by atoms with E-state index in [0.717, 1.165) is 6.42 Å². The summed E-state index contributed by atoms with van der Waals surface area (Å²) in [6, 6.07) is 16.4. The lowest BCUT2D eigenvalue weighted by Gasteiger charge is -2.29. The average Bonchev–Trinajstić information content (AvgIpc) is 2.48. The molecular weight excluding hydrogens is 322 g/mol. The summed E-state index contributed by atoms with van der Waals surface area (Å²) in [5.74, 6) is 0. The van der Waals surface area contributed by atoms with E-state index in [2.05, 4.69) is 77.6 Å². The monoisotopic (exact) mass is 343 g/mol. The Bertz CT molecular complexity index is 635.